The Bertz CT molecular complexity index is 1400. The van der Waals surface area contributed by atoms with E-state index in [9.17, 15) is 0 Å². The summed E-state index contributed by atoms with van der Waals surface area (Å²) in [4.78, 5) is 10.3. The van der Waals surface area contributed by atoms with Crippen LogP contribution in [0.3, 0.4) is 0 Å². The van der Waals surface area contributed by atoms with E-state index in [1.54, 1.807) is 6.20 Å². The van der Waals surface area contributed by atoms with E-state index in [-0.39, 0.29) is 5.54 Å². The predicted octanol–water partition coefficient (Wildman–Crippen LogP) is 6.17. The number of nitrogens with two attached hydrogens (primary N) is 1. The number of benzene rings is 1. The molecule has 0 aliphatic carbocycles. The van der Waals surface area contributed by atoms with Gasteiger partial charge < -0.3 is 15.4 Å². The van der Waals surface area contributed by atoms with Crippen molar-refractivity contribution in [3.8, 4) is 17.0 Å². The van der Waals surface area contributed by atoms with Crippen molar-refractivity contribution >= 4 is 39.9 Å². The van der Waals surface area contributed by atoms with E-state index in [1.807, 2.05) is 30.0 Å². The number of aromatic amines is 1. The van der Waals surface area contributed by atoms with Gasteiger partial charge in [0, 0.05) is 48.2 Å². The van der Waals surface area contributed by atoms with Gasteiger partial charge in [0.2, 0.25) is 0 Å². The zero-order valence-electron chi connectivity index (χ0n) is 20.2. The molecule has 4 heterocycles. The minimum absolute atomic E-state index is 0.307. The van der Waals surface area contributed by atoms with Crippen molar-refractivity contribution in [1.29, 1.82) is 0 Å². The van der Waals surface area contributed by atoms with Crippen molar-refractivity contribution in [2.24, 2.45) is 11.7 Å². The minimum Gasteiger partial charge on any atom is -0.486 e. The van der Waals surface area contributed by atoms with Crippen LogP contribution in [0.4, 0.5) is 10.2 Å². The molecule has 5 rings (SSSR count). The maximum Gasteiger partial charge on any atom is 0.166 e. The van der Waals surface area contributed by atoms with Crippen LogP contribution in [0.5, 0.6) is 5.75 Å². The topological polar surface area (TPSA) is 93.0 Å². The molecule has 36 heavy (non-hydrogen) atoms. The molecule has 0 spiro atoms. The number of nitrogens with zero attached hydrogens (tertiary/aromatic N) is 4. The summed E-state index contributed by atoms with van der Waals surface area (Å²) in [5.41, 5.74) is 8.75. The Morgan fingerprint density at radius 1 is 1.17 bits per heavy atom. The van der Waals surface area contributed by atoms with Crippen molar-refractivity contribution in [2.75, 3.05) is 18.0 Å². The Morgan fingerprint density at radius 3 is 2.56 bits per heavy atom. The predicted molar refractivity (Wildman–Crippen MR) is 141 cm³/mol. The number of rotatable bonds is 7. The molecular weight excluding hydrogens is 502 g/mol. The number of fused-ring (bicyclic) bond motifs is 1. The number of hydrogen-bond donors (Lipinski definition) is 2. The van der Waals surface area contributed by atoms with E-state index in [1.165, 1.54) is 18.5 Å². The fourth-order valence-corrected chi connectivity index (χ4v) is 5.36. The number of anilines is 1. The third-order valence-corrected chi connectivity index (χ3v) is 7.71. The number of hydrogen-bond acceptors (Lipinski definition) is 6. The summed E-state index contributed by atoms with van der Waals surface area (Å²) in [7, 11) is 0. The second kappa shape index (κ2) is 9.50. The monoisotopic (exact) mass is 528 g/mol. The number of H-pyrrole nitrogens is 1. The van der Waals surface area contributed by atoms with Crippen LogP contribution < -0.4 is 15.4 Å². The van der Waals surface area contributed by atoms with Crippen LogP contribution in [0.1, 0.15) is 38.9 Å². The van der Waals surface area contributed by atoms with Crippen LogP contribution in [0.15, 0.2) is 42.9 Å². The van der Waals surface area contributed by atoms with Crippen molar-refractivity contribution in [3.05, 3.63) is 64.3 Å². The highest BCUT2D eigenvalue weighted by Crippen LogP contribution is 2.37. The van der Waals surface area contributed by atoms with Crippen LogP contribution in [0.25, 0.3) is 22.2 Å². The standard InChI is InChI=1S/C26H27Cl2FN6O/c1-4-14(2)26(30)12-35(13-26)25-21(29)7-16(9-32-25)24-18-8-17(5-6-22(18)33-34-24)36-15(3)23-19(27)10-31-11-20(23)28/h5-11,14-15H,4,12-13,30H2,1-3H3,(H,33,34)/t14?,15-/m1/s1. The Kier molecular flexibility index (Phi) is 6.53. The van der Waals surface area contributed by atoms with E-state index in [0.29, 0.717) is 57.4 Å². The van der Waals surface area contributed by atoms with Crippen LogP contribution in [0.2, 0.25) is 10.0 Å². The summed E-state index contributed by atoms with van der Waals surface area (Å²) in [6.45, 7) is 7.27. The first-order valence-corrected chi connectivity index (χ1v) is 12.6. The number of ether oxygens (including phenoxy) is 1. The maximum absolute atomic E-state index is 15.1. The highest BCUT2D eigenvalue weighted by Gasteiger charge is 2.44. The number of aromatic nitrogens is 4. The Hall–Kier alpha value is -2.94. The van der Waals surface area contributed by atoms with Crippen LogP contribution in [0, 0.1) is 11.7 Å². The van der Waals surface area contributed by atoms with E-state index in [4.69, 9.17) is 33.7 Å². The molecular formula is C26H27Cl2FN6O. The summed E-state index contributed by atoms with van der Waals surface area (Å²) in [5, 5.41) is 9.04. The Labute approximate surface area is 218 Å². The first-order chi connectivity index (χ1) is 17.2. The largest absolute Gasteiger partial charge is 0.486 e. The van der Waals surface area contributed by atoms with Gasteiger partial charge in [0.15, 0.2) is 11.6 Å². The molecule has 0 bridgehead atoms. The van der Waals surface area contributed by atoms with Crippen LogP contribution >= 0.6 is 23.2 Å². The lowest BCUT2D eigenvalue weighted by Crippen LogP contribution is -2.70. The van der Waals surface area contributed by atoms with Crippen LogP contribution in [-0.4, -0.2) is 38.8 Å². The molecule has 7 nitrogen and oxygen atoms in total. The second-order valence-corrected chi connectivity index (χ2v) is 10.3. The lowest BCUT2D eigenvalue weighted by atomic mass is 9.78. The first kappa shape index (κ1) is 24.7. The minimum atomic E-state index is -0.416. The third kappa shape index (κ3) is 4.38. The van der Waals surface area contributed by atoms with E-state index in [2.05, 4.69) is 34.0 Å². The molecule has 1 aliphatic heterocycles. The molecule has 1 saturated heterocycles. The Balaban J connectivity index is 1.39. The maximum atomic E-state index is 15.1. The van der Waals surface area contributed by atoms with Gasteiger partial charge in [-0.2, -0.15) is 5.10 Å². The van der Waals surface area contributed by atoms with Gasteiger partial charge in [-0.3, -0.25) is 10.1 Å². The van der Waals surface area contributed by atoms with Gasteiger partial charge in [-0.05, 0) is 37.1 Å². The average Bonchev–Trinajstić information content (AvgIpc) is 3.25. The van der Waals surface area contributed by atoms with Crippen molar-refractivity contribution in [1.82, 2.24) is 20.2 Å². The quantitative estimate of drug-likeness (QED) is 0.298. The zero-order chi connectivity index (χ0) is 25.6. The van der Waals surface area contributed by atoms with Gasteiger partial charge in [0.25, 0.3) is 0 Å². The molecule has 4 aromatic rings. The zero-order valence-corrected chi connectivity index (χ0v) is 21.7. The number of pyridine rings is 2. The molecule has 1 aromatic carbocycles. The van der Waals surface area contributed by atoms with Crippen LogP contribution in [-0.2, 0) is 0 Å². The molecule has 3 aromatic heterocycles. The molecule has 0 radical (unpaired) electrons. The summed E-state index contributed by atoms with van der Waals surface area (Å²) >= 11 is 12.6. The van der Waals surface area contributed by atoms with E-state index >= 15 is 4.39 Å². The van der Waals surface area contributed by atoms with Crippen molar-refractivity contribution < 1.29 is 9.13 Å². The SMILES string of the molecule is CCC(C)C1(N)CN(c2ncc(-c3n[nH]c4ccc(O[C@H](C)c5c(Cl)cncc5Cl)cc34)cc2F)C1. The summed E-state index contributed by atoms with van der Waals surface area (Å²) in [6, 6.07) is 7.00. The second-order valence-electron chi connectivity index (χ2n) is 9.48. The summed E-state index contributed by atoms with van der Waals surface area (Å²) in [6.07, 6.45) is 5.27. The molecule has 1 unspecified atom stereocenters. The smallest absolute Gasteiger partial charge is 0.166 e. The van der Waals surface area contributed by atoms with Gasteiger partial charge in [-0.25, -0.2) is 9.37 Å². The van der Waals surface area contributed by atoms with Gasteiger partial charge in [-0.15, -0.1) is 0 Å². The molecule has 0 amide bonds. The normalized spacial score (nSPS) is 16.6. The summed E-state index contributed by atoms with van der Waals surface area (Å²) in [5.74, 6) is 0.859. The van der Waals surface area contributed by atoms with Gasteiger partial charge in [0.05, 0.1) is 21.1 Å². The molecule has 188 valence electrons. The highest BCUT2D eigenvalue weighted by atomic mass is 35.5. The Morgan fingerprint density at radius 2 is 1.89 bits per heavy atom. The lowest BCUT2D eigenvalue weighted by Gasteiger charge is -2.51. The molecule has 3 N–H and O–H groups in total. The lowest BCUT2D eigenvalue weighted by molar-refractivity contribution is 0.222. The fourth-order valence-electron chi connectivity index (χ4n) is 4.68. The van der Waals surface area contributed by atoms with Crippen molar-refractivity contribution in [3.63, 3.8) is 0 Å². The molecule has 1 aliphatic rings. The van der Waals surface area contributed by atoms with Crippen molar-refractivity contribution in [2.45, 2.75) is 38.8 Å². The van der Waals surface area contributed by atoms with E-state index in [0.717, 1.165) is 17.3 Å². The van der Waals surface area contributed by atoms with Gasteiger partial charge >= 0.3 is 0 Å². The van der Waals surface area contributed by atoms with Gasteiger partial charge in [-0.1, -0.05) is 43.5 Å². The third-order valence-electron chi connectivity index (χ3n) is 7.10. The average molecular weight is 529 g/mol. The first-order valence-electron chi connectivity index (χ1n) is 11.8. The fraction of sp³-hybridized carbons (Fsp3) is 0.346. The number of nitrogens with one attached hydrogen (secondary N) is 1. The summed E-state index contributed by atoms with van der Waals surface area (Å²) < 4.78 is 21.3. The molecule has 2 atom stereocenters. The highest BCUT2D eigenvalue weighted by molar-refractivity contribution is 6.35. The van der Waals surface area contributed by atoms with Gasteiger partial charge in [0.1, 0.15) is 17.5 Å². The molecule has 1 fully saturated rings. The molecule has 10 heteroatoms. The number of halogens is 3. The molecule has 0 saturated carbocycles. The van der Waals surface area contributed by atoms with E-state index < -0.39 is 11.9 Å².